The summed E-state index contributed by atoms with van der Waals surface area (Å²) in [4.78, 5) is 24.3. The highest BCUT2D eigenvalue weighted by molar-refractivity contribution is 7.89. The number of benzene rings is 2. The van der Waals surface area contributed by atoms with Crippen LogP contribution in [0.2, 0.25) is 0 Å². The van der Waals surface area contributed by atoms with Crippen LogP contribution < -0.4 is 5.32 Å². The van der Waals surface area contributed by atoms with Crippen LogP contribution in [0.3, 0.4) is 0 Å². The fourth-order valence-corrected chi connectivity index (χ4v) is 5.43. The van der Waals surface area contributed by atoms with Crippen molar-refractivity contribution in [1.29, 1.82) is 5.26 Å². The van der Waals surface area contributed by atoms with E-state index in [1.165, 1.54) is 22.0 Å². The maximum atomic E-state index is 12.9. The number of aryl methyl sites for hydroxylation is 2. The zero-order valence-corrected chi connectivity index (χ0v) is 20.0. The maximum absolute atomic E-state index is 12.9. The Morgan fingerprint density at radius 1 is 1.12 bits per heavy atom. The smallest absolute Gasteiger partial charge is 0.309 e. The molecule has 9 heteroatoms. The molecule has 0 aromatic heterocycles. The molecule has 0 bridgehead atoms. The maximum Gasteiger partial charge on any atom is 0.309 e. The molecule has 1 aliphatic heterocycles. The Bertz CT molecular complexity index is 1150. The third kappa shape index (κ3) is 6.65. The Labute approximate surface area is 200 Å². The van der Waals surface area contributed by atoms with Crippen LogP contribution in [0, 0.1) is 24.2 Å². The average Bonchev–Trinajstić information content (AvgIpc) is 2.86. The van der Waals surface area contributed by atoms with Gasteiger partial charge in [-0.3, -0.25) is 9.59 Å². The number of ether oxygens (including phenoxy) is 1. The van der Waals surface area contributed by atoms with Gasteiger partial charge in [-0.25, -0.2) is 8.42 Å². The first kappa shape index (κ1) is 25.4. The van der Waals surface area contributed by atoms with E-state index in [0.717, 1.165) is 5.56 Å². The van der Waals surface area contributed by atoms with Crippen LogP contribution in [-0.4, -0.2) is 50.8 Å². The number of hydrogen-bond donors (Lipinski definition) is 1. The molecule has 0 spiro atoms. The largest absolute Gasteiger partial charge is 0.464 e. The molecule has 1 amide bonds. The summed E-state index contributed by atoms with van der Waals surface area (Å²) in [5, 5.41) is 12.0. The molecule has 0 aliphatic carbocycles. The number of esters is 1. The van der Waals surface area contributed by atoms with E-state index in [0.29, 0.717) is 25.7 Å². The molecule has 0 atom stereocenters. The van der Waals surface area contributed by atoms with E-state index >= 15 is 0 Å². The zero-order chi connectivity index (χ0) is 24.6. The third-order valence-corrected chi connectivity index (χ3v) is 7.80. The number of nitrogens with one attached hydrogen (secondary N) is 1. The molecule has 2 aromatic carbocycles. The molecule has 34 heavy (non-hydrogen) atoms. The summed E-state index contributed by atoms with van der Waals surface area (Å²) in [6, 6.07) is 16.0. The lowest BCUT2D eigenvalue weighted by Crippen LogP contribution is -2.41. The SMILES string of the molecule is Cc1ccc(CCC(=O)NCCOC(=O)C2CCN(S(=O)(=O)c3ccccc3C#N)CC2)cc1. The summed E-state index contributed by atoms with van der Waals surface area (Å²) in [6.45, 7) is 2.67. The second-order valence-corrected chi connectivity index (χ2v) is 10.2. The molecule has 0 saturated carbocycles. The highest BCUT2D eigenvalue weighted by Crippen LogP contribution is 2.26. The third-order valence-electron chi connectivity index (χ3n) is 5.84. The van der Waals surface area contributed by atoms with Crippen molar-refractivity contribution in [3.63, 3.8) is 0 Å². The van der Waals surface area contributed by atoms with Gasteiger partial charge in [0.1, 0.15) is 12.7 Å². The molecule has 3 rings (SSSR count). The summed E-state index contributed by atoms with van der Waals surface area (Å²) >= 11 is 0. The molecule has 1 saturated heterocycles. The first-order chi connectivity index (χ1) is 16.3. The fourth-order valence-electron chi connectivity index (χ4n) is 3.82. The van der Waals surface area contributed by atoms with Crippen LogP contribution in [0.5, 0.6) is 0 Å². The van der Waals surface area contributed by atoms with Crippen LogP contribution in [0.4, 0.5) is 0 Å². The lowest BCUT2D eigenvalue weighted by atomic mass is 9.98. The summed E-state index contributed by atoms with van der Waals surface area (Å²) in [7, 11) is -3.80. The van der Waals surface area contributed by atoms with Gasteiger partial charge in [-0.1, -0.05) is 42.0 Å². The predicted molar refractivity (Wildman–Crippen MR) is 126 cm³/mol. The lowest BCUT2D eigenvalue weighted by Gasteiger charge is -2.30. The van der Waals surface area contributed by atoms with Gasteiger partial charge >= 0.3 is 5.97 Å². The van der Waals surface area contributed by atoms with Crippen LogP contribution >= 0.6 is 0 Å². The molecule has 2 aromatic rings. The van der Waals surface area contributed by atoms with Gasteiger partial charge in [-0.05, 0) is 43.9 Å². The Kier molecular flexibility index (Phi) is 8.79. The Morgan fingerprint density at radius 2 is 1.79 bits per heavy atom. The zero-order valence-electron chi connectivity index (χ0n) is 19.2. The number of rotatable bonds is 9. The van der Waals surface area contributed by atoms with Gasteiger partial charge in [0.15, 0.2) is 0 Å². The van der Waals surface area contributed by atoms with E-state index < -0.39 is 15.9 Å². The molecule has 0 unspecified atom stereocenters. The van der Waals surface area contributed by atoms with Gasteiger partial charge < -0.3 is 10.1 Å². The number of hydrogen-bond acceptors (Lipinski definition) is 6. The number of nitriles is 1. The Morgan fingerprint density at radius 3 is 2.47 bits per heavy atom. The van der Waals surface area contributed by atoms with E-state index in [1.54, 1.807) is 12.1 Å². The van der Waals surface area contributed by atoms with Crippen molar-refractivity contribution in [2.24, 2.45) is 5.92 Å². The Hall–Kier alpha value is -3.22. The molecule has 0 radical (unpaired) electrons. The van der Waals surface area contributed by atoms with Crippen molar-refractivity contribution in [2.75, 3.05) is 26.2 Å². The highest BCUT2D eigenvalue weighted by atomic mass is 32.2. The molecule has 1 aliphatic rings. The topological polar surface area (TPSA) is 117 Å². The minimum atomic E-state index is -3.80. The molecule has 180 valence electrons. The molecular formula is C25H29N3O5S. The lowest BCUT2D eigenvalue weighted by molar-refractivity contribution is -0.150. The number of nitrogens with zero attached hydrogens (tertiary/aromatic N) is 2. The van der Waals surface area contributed by atoms with Crippen molar-refractivity contribution < 1.29 is 22.7 Å². The Balaban J connectivity index is 1.37. The minimum Gasteiger partial charge on any atom is -0.464 e. The van der Waals surface area contributed by atoms with Gasteiger partial charge in [0.05, 0.1) is 22.9 Å². The van der Waals surface area contributed by atoms with Crippen LogP contribution in [-0.2, 0) is 30.8 Å². The number of sulfonamides is 1. The predicted octanol–water partition coefficient (Wildman–Crippen LogP) is 2.56. The summed E-state index contributed by atoms with van der Waals surface area (Å²) in [6.07, 6.45) is 1.69. The fraction of sp³-hybridized carbons (Fsp3) is 0.400. The van der Waals surface area contributed by atoms with Gasteiger partial charge in [-0.15, -0.1) is 0 Å². The van der Waals surface area contributed by atoms with Crippen molar-refractivity contribution in [3.05, 3.63) is 65.2 Å². The summed E-state index contributed by atoms with van der Waals surface area (Å²) in [5.74, 6) is -0.883. The normalized spacial score (nSPS) is 14.8. The van der Waals surface area contributed by atoms with E-state index in [9.17, 15) is 23.3 Å². The van der Waals surface area contributed by atoms with Gasteiger partial charge in [0.25, 0.3) is 0 Å². The van der Waals surface area contributed by atoms with Crippen molar-refractivity contribution in [2.45, 2.75) is 37.5 Å². The van der Waals surface area contributed by atoms with Gasteiger partial charge in [-0.2, -0.15) is 9.57 Å². The monoisotopic (exact) mass is 483 g/mol. The van der Waals surface area contributed by atoms with Gasteiger partial charge in [0, 0.05) is 19.5 Å². The number of carbonyl (C=O) groups excluding carboxylic acids is 2. The number of carbonyl (C=O) groups is 2. The highest BCUT2D eigenvalue weighted by Gasteiger charge is 2.33. The quantitative estimate of drug-likeness (QED) is 0.433. The first-order valence-electron chi connectivity index (χ1n) is 11.3. The van der Waals surface area contributed by atoms with Crippen molar-refractivity contribution in [3.8, 4) is 6.07 Å². The van der Waals surface area contributed by atoms with Gasteiger partial charge in [0.2, 0.25) is 15.9 Å². The number of amides is 1. The second kappa shape index (κ2) is 11.8. The molecule has 8 nitrogen and oxygen atoms in total. The summed E-state index contributed by atoms with van der Waals surface area (Å²) in [5.41, 5.74) is 2.37. The minimum absolute atomic E-state index is 0.0170. The molecule has 1 heterocycles. The molecular weight excluding hydrogens is 454 g/mol. The number of piperidine rings is 1. The second-order valence-electron chi connectivity index (χ2n) is 8.29. The van der Waals surface area contributed by atoms with Crippen LogP contribution in [0.1, 0.15) is 36.0 Å². The van der Waals surface area contributed by atoms with E-state index in [2.05, 4.69) is 5.32 Å². The van der Waals surface area contributed by atoms with E-state index in [1.807, 2.05) is 37.3 Å². The van der Waals surface area contributed by atoms with Crippen molar-refractivity contribution in [1.82, 2.24) is 9.62 Å². The first-order valence-corrected chi connectivity index (χ1v) is 12.7. The molecule has 1 fully saturated rings. The standard InChI is InChI=1S/C25H29N3O5S/c1-19-6-8-20(9-7-19)10-11-24(29)27-14-17-33-25(30)21-12-15-28(16-13-21)34(31,32)23-5-3-2-4-22(23)18-26/h2-9,21H,10-17H2,1H3,(H,27,29). The van der Waals surface area contributed by atoms with E-state index in [4.69, 9.17) is 4.74 Å². The summed E-state index contributed by atoms with van der Waals surface area (Å²) < 4.78 is 32.4. The van der Waals surface area contributed by atoms with Crippen LogP contribution in [0.25, 0.3) is 0 Å². The average molecular weight is 484 g/mol. The molecule has 1 N–H and O–H groups in total. The van der Waals surface area contributed by atoms with E-state index in [-0.39, 0.29) is 48.6 Å². The van der Waals surface area contributed by atoms with Crippen molar-refractivity contribution >= 4 is 21.9 Å². The van der Waals surface area contributed by atoms with Crippen LogP contribution in [0.15, 0.2) is 53.4 Å².